The molecule has 0 amide bonds. The fourth-order valence-corrected chi connectivity index (χ4v) is 2.65. The van der Waals surface area contributed by atoms with Crippen LogP contribution in [0.1, 0.15) is 26.0 Å². The first-order chi connectivity index (χ1) is 9.66. The second-order valence-corrected chi connectivity index (χ2v) is 5.16. The Morgan fingerprint density at radius 1 is 1.20 bits per heavy atom. The summed E-state index contributed by atoms with van der Waals surface area (Å²) in [7, 11) is 4.06. The van der Waals surface area contributed by atoms with Crippen LogP contribution in [0.4, 0.5) is 0 Å². The molecule has 20 heavy (non-hydrogen) atoms. The Kier molecular flexibility index (Phi) is 4.83. The highest BCUT2D eigenvalue weighted by Crippen LogP contribution is 2.30. The summed E-state index contributed by atoms with van der Waals surface area (Å²) in [5, 5.41) is 5.36. The molecule has 0 aliphatic carbocycles. The van der Waals surface area contributed by atoms with Crippen molar-refractivity contribution in [2.75, 3.05) is 13.6 Å². The molecule has 1 aliphatic heterocycles. The number of halogens is 1. The molecule has 0 atom stereocenters. The average molecular weight is 296 g/mol. The molecule has 2 aromatic rings. The van der Waals surface area contributed by atoms with Gasteiger partial charge in [0.1, 0.15) is 5.69 Å². The van der Waals surface area contributed by atoms with Crippen molar-refractivity contribution in [2.45, 2.75) is 33.4 Å². The summed E-state index contributed by atoms with van der Waals surface area (Å²) >= 11 is 6.48. The summed E-state index contributed by atoms with van der Waals surface area (Å²) in [5.41, 5.74) is 1.88. The third-order valence-electron chi connectivity index (χ3n) is 3.36. The molecule has 3 heterocycles. The van der Waals surface area contributed by atoms with Crippen LogP contribution >= 0.6 is 11.6 Å². The summed E-state index contributed by atoms with van der Waals surface area (Å²) in [6.07, 6.45) is 4.77. The van der Waals surface area contributed by atoms with Crippen molar-refractivity contribution in [1.29, 1.82) is 0 Å². The molecule has 0 fully saturated rings. The van der Waals surface area contributed by atoms with Gasteiger partial charge in [-0.05, 0) is 13.5 Å². The number of hydrogen-bond acceptors (Lipinski definition) is 3. The second-order valence-electron chi connectivity index (χ2n) is 4.79. The smallest absolute Gasteiger partial charge is 0.161 e. The first kappa shape index (κ1) is 15.1. The molecule has 3 rings (SSSR count). The number of imidazole rings is 1. The number of fused-ring (bicyclic) bond motifs is 1. The number of aromatic nitrogens is 4. The highest BCUT2D eigenvalue weighted by Gasteiger charge is 2.22. The van der Waals surface area contributed by atoms with E-state index in [0.717, 1.165) is 48.3 Å². The Morgan fingerprint density at radius 2 is 1.95 bits per heavy atom. The van der Waals surface area contributed by atoms with E-state index in [2.05, 4.69) is 22.0 Å². The zero-order chi connectivity index (χ0) is 14.7. The van der Waals surface area contributed by atoms with Gasteiger partial charge in [-0.15, -0.1) is 0 Å². The lowest BCUT2D eigenvalue weighted by Gasteiger charge is -2.11. The van der Waals surface area contributed by atoms with Gasteiger partial charge in [0, 0.05) is 39.1 Å². The largest absolute Gasteiger partial charge is 0.333 e. The van der Waals surface area contributed by atoms with E-state index in [1.165, 1.54) is 0 Å². The van der Waals surface area contributed by atoms with Crippen LogP contribution in [0.2, 0.25) is 5.02 Å². The van der Waals surface area contributed by atoms with Gasteiger partial charge in [0.25, 0.3) is 0 Å². The molecule has 0 saturated heterocycles. The number of aryl methyl sites for hydroxylation is 2. The minimum absolute atomic E-state index is 0.734. The van der Waals surface area contributed by atoms with E-state index in [-0.39, 0.29) is 0 Å². The molecule has 0 spiro atoms. The summed E-state index contributed by atoms with van der Waals surface area (Å²) < 4.78 is 3.97. The summed E-state index contributed by atoms with van der Waals surface area (Å²) in [5.74, 6) is 0.822. The van der Waals surface area contributed by atoms with Gasteiger partial charge in [0.15, 0.2) is 5.82 Å². The molecule has 0 unspecified atom stereocenters. The number of nitrogens with zero attached hydrogens (tertiary/aromatic N) is 5. The molecule has 6 heteroatoms. The fourth-order valence-electron chi connectivity index (χ4n) is 2.37. The van der Waals surface area contributed by atoms with Crippen LogP contribution in [0.5, 0.6) is 0 Å². The maximum absolute atomic E-state index is 6.48. The van der Waals surface area contributed by atoms with Crippen LogP contribution in [0.3, 0.4) is 0 Å². The van der Waals surface area contributed by atoms with Crippen molar-refractivity contribution >= 4 is 11.6 Å². The van der Waals surface area contributed by atoms with E-state index >= 15 is 0 Å². The first-order valence-electron chi connectivity index (χ1n) is 7.08. The Morgan fingerprint density at radius 3 is 2.60 bits per heavy atom. The normalized spacial score (nSPS) is 15.2. The van der Waals surface area contributed by atoms with E-state index in [0.29, 0.717) is 0 Å². The molecule has 110 valence electrons. The van der Waals surface area contributed by atoms with E-state index in [1.807, 2.05) is 36.3 Å². The van der Waals surface area contributed by atoms with Crippen LogP contribution in [-0.2, 0) is 20.1 Å². The lowest BCUT2D eigenvalue weighted by molar-refractivity contribution is 0.332. The van der Waals surface area contributed by atoms with E-state index in [9.17, 15) is 0 Å². The fraction of sp³-hybridized carbons (Fsp3) is 0.571. The standard InChI is InChI=1S/C12H16ClN5.C2H6/c1-16-5-3-6-18-9(8-16)10(13)11(15-18)12-14-4-7-17(12)2;1-2/h4,7H,3,5-6,8H2,1-2H3;1-2H3. The van der Waals surface area contributed by atoms with Gasteiger partial charge in [-0.2, -0.15) is 5.10 Å². The Bertz CT molecular complexity index is 572. The molecule has 0 saturated carbocycles. The predicted molar refractivity (Wildman–Crippen MR) is 81.7 cm³/mol. The van der Waals surface area contributed by atoms with Gasteiger partial charge >= 0.3 is 0 Å². The molecular weight excluding hydrogens is 274 g/mol. The SMILES string of the molecule is CC.CN1CCCn2nc(-c3nccn3C)c(Cl)c2C1. The van der Waals surface area contributed by atoms with Crippen LogP contribution in [0, 0.1) is 0 Å². The lowest BCUT2D eigenvalue weighted by atomic mass is 10.3. The van der Waals surface area contributed by atoms with Crippen molar-refractivity contribution in [3.05, 3.63) is 23.1 Å². The average Bonchev–Trinajstić information content (AvgIpc) is 2.92. The van der Waals surface area contributed by atoms with Gasteiger partial charge in [-0.25, -0.2) is 4.98 Å². The summed E-state index contributed by atoms with van der Waals surface area (Å²) in [4.78, 5) is 6.59. The molecule has 0 N–H and O–H groups in total. The highest BCUT2D eigenvalue weighted by atomic mass is 35.5. The Hall–Kier alpha value is -1.33. The molecule has 0 bridgehead atoms. The quantitative estimate of drug-likeness (QED) is 0.812. The minimum Gasteiger partial charge on any atom is -0.333 e. The van der Waals surface area contributed by atoms with Crippen LogP contribution in [0.25, 0.3) is 11.5 Å². The lowest BCUT2D eigenvalue weighted by Crippen LogP contribution is -2.17. The van der Waals surface area contributed by atoms with E-state index in [1.54, 1.807) is 6.20 Å². The van der Waals surface area contributed by atoms with Gasteiger partial charge in [-0.1, -0.05) is 25.4 Å². The minimum atomic E-state index is 0.734. The molecule has 0 aromatic carbocycles. The Labute approximate surface area is 125 Å². The molecule has 0 radical (unpaired) electrons. The van der Waals surface area contributed by atoms with Crippen molar-refractivity contribution in [3.63, 3.8) is 0 Å². The first-order valence-corrected chi connectivity index (χ1v) is 7.46. The van der Waals surface area contributed by atoms with Gasteiger partial charge < -0.3 is 9.47 Å². The third-order valence-corrected chi connectivity index (χ3v) is 3.75. The van der Waals surface area contributed by atoms with Crippen molar-refractivity contribution in [3.8, 4) is 11.5 Å². The third kappa shape index (κ3) is 2.74. The zero-order valence-corrected chi connectivity index (χ0v) is 13.4. The van der Waals surface area contributed by atoms with Crippen LogP contribution in [0.15, 0.2) is 12.4 Å². The second kappa shape index (κ2) is 6.41. The Balaban J connectivity index is 0.000000704. The van der Waals surface area contributed by atoms with Gasteiger partial charge in [0.05, 0.1) is 10.7 Å². The topological polar surface area (TPSA) is 38.9 Å². The van der Waals surface area contributed by atoms with Crippen molar-refractivity contribution in [1.82, 2.24) is 24.2 Å². The van der Waals surface area contributed by atoms with Crippen molar-refractivity contribution in [2.24, 2.45) is 7.05 Å². The van der Waals surface area contributed by atoms with Gasteiger partial charge in [-0.3, -0.25) is 4.68 Å². The molecule has 1 aliphatic rings. The molecule has 5 nitrogen and oxygen atoms in total. The zero-order valence-electron chi connectivity index (χ0n) is 12.6. The van der Waals surface area contributed by atoms with Crippen LogP contribution in [-0.4, -0.2) is 37.8 Å². The number of hydrogen-bond donors (Lipinski definition) is 0. The van der Waals surface area contributed by atoms with E-state index < -0.39 is 0 Å². The monoisotopic (exact) mass is 295 g/mol. The van der Waals surface area contributed by atoms with Gasteiger partial charge in [0.2, 0.25) is 0 Å². The van der Waals surface area contributed by atoms with Crippen molar-refractivity contribution < 1.29 is 0 Å². The summed E-state index contributed by atoms with van der Waals surface area (Å²) in [6, 6.07) is 0. The summed E-state index contributed by atoms with van der Waals surface area (Å²) in [6.45, 7) is 6.84. The predicted octanol–water partition coefficient (Wildman–Crippen LogP) is 2.80. The highest BCUT2D eigenvalue weighted by molar-refractivity contribution is 6.33. The maximum Gasteiger partial charge on any atom is 0.161 e. The molecule has 2 aromatic heterocycles. The maximum atomic E-state index is 6.48. The van der Waals surface area contributed by atoms with E-state index in [4.69, 9.17) is 11.6 Å². The van der Waals surface area contributed by atoms with Crippen LogP contribution < -0.4 is 0 Å². The number of rotatable bonds is 1. The molecular formula is C14H22ClN5.